The predicted octanol–water partition coefficient (Wildman–Crippen LogP) is 5.56. The molecule has 6 nitrogen and oxygen atoms in total. The molecule has 0 radical (unpaired) electrons. The summed E-state index contributed by atoms with van der Waals surface area (Å²) >= 11 is 0. The first-order chi connectivity index (χ1) is 16.5. The van der Waals surface area contributed by atoms with Crippen molar-refractivity contribution in [3.05, 3.63) is 108 Å². The van der Waals surface area contributed by atoms with Crippen LogP contribution in [0.15, 0.2) is 91.0 Å². The van der Waals surface area contributed by atoms with E-state index in [0.29, 0.717) is 16.8 Å². The zero-order valence-corrected chi connectivity index (χ0v) is 18.7. The second kappa shape index (κ2) is 9.92. The number of carbonyl (C=O) groups is 2. The van der Waals surface area contributed by atoms with Crippen molar-refractivity contribution in [1.82, 2.24) is 0 Å². The van der Waals surface area contributed by atoms with Crippen LogP contribution < -0.4 is 14.8 Å². The Morgan fingerprint density at radius 2 is 1.24 bits per heavy atom. The van der Waals surface area contributed by atoms with Gasteiger partial charge in [0.25, 0.3) is 5.91 Å². The molecule has 4 rings (SSSR count). The number of hydrogen-bond donors (Lipinski definition) is 2. The molecule has 0 bridgehead atoms. The maximum atomic E-state index is 13.0. The smallest absolute Gasteiger partial charge is 0.259 e. The average Bonchev–Trinajstić information content (AvgIpc) is 2.89. The number of aromatic hydroxyl groups is 1. The zero-order valence-electron chi connectivity index (χ0n) is 18.7. The van der Waals surface area contributed by atoms with E-state index in [0.717, 1.165) is 11.1 Å². The highest BCUT2D eigenvalue weighted by atomic mass is 16.5. The van der Waals surface area contributed by atoms with Gasteiger partial charge >= 0.3 is 0 Å². The van der Waals surface area contributed by atoms with E-state index in [2.05, 4.69) is 5.32 Å². The summed E-state index contributed by atoms with van der Waals surface area (Å²) in [5.41, 5.74) is 3.54. The quantitative estimate of drug-likeness (QED) is 0.358. The normalized spacial score (nSPS) is 10.4. The van der Waals surface area contributed by atoms with Crippen LogP contribution >= 0.6 is 0 Å². The van der Waals surface area contributed by atoms with Crippen molar-refractivity contribution in [2.75, 3.05) is 19.5 Å². The molecule has 0 aliphatic heterocycles. The highest BCUT2D eigenvalue weighted by molar-refractivity contribution is 6.13. The lowest BCUT2D eigenvalue weighted by molar-refractivity contribution is 0.101. The minimum Gasteiger partial charge on any atom is -0.508 e. The van der Waals surface area contributed by atoms with E-state index in [9.17, 15) is 14.7 Å². The molecule has 170 valence electrons. The standard InChI is InChI=1S/C28H23NO5/c1-33-25-17-24(26(34-2)16-23(25)27(31)20-6-4-3-5-7-20)28(32)29-21-12-8-18(9-13-21)19-10-14-22(30)15-11-19/h3-17,30H,1-2H3,(H,29,32). The number of carbonyl (C=O) groups excluding carboxylic acids is 2. The van der Waals surface area contributed by atoms with Gasteiger partial charge in [0.2, 0.25) is 0 Å². The Hall–Kier alpha value is -4.58. The maximum absolute atomic E-state index is 13.0. The summed E-state index contributed by atoms with van der Waals surface area (Å²) < 4.78 is 10.9. The molecule has 0 unspecified atom stereocenters. The molecule has 6 heteroatoms. The van der Waals surface area contributed by atoms with Crippen molar-refractivity contribution < 1.29 is 24.2 Å². The topological polar surface area (TPSA) is 84.9 Å². The molecule has 0 aliphatic rings. The lowest BCUT2D eigenvalue weighted by atomic mass is 9.99. The molecule has 2 N–H and O–H groups in total. The highest BCUT2D eigenvalue weighted by Gasteiger charge is 2.22. The third-order valence-electron chi connectivity index (χ3n) is 5.39. The van der Waals surface area contributed by atoms with Gasteiger partial charge in [-0.2, -0.15) is 0 Å². The van der Waals surface area contributed by atoms with E-state index >= 15 is 0 Å². The van der Waals surface area contributed by atoms with Crippen molar-refractivity contribution in [2.45, 2.75) is 0 Å². The summed E-state index contributed by atoms with van der Waals surface area (Å²) in [4.78, 5) is 26.0. The van der Waals surface area contributed by atoms with Gasteiger partial charge in [0.15, 0.2) is 5.78 Å². The number of ketones is 1. The number of phenolic OH excluding ortho intramolecular Hbond substituents is 1. The van der Waals surface area contributed by atoms with Gasteiger partial charge in [-0.15, -0.1) is 0 Å². The maximum Gasteiger partial charge on any atom is 0.259 e. The number of ether oxygens (including phenoxy) is 2. The first-order valence-corrected chi connectivity index (χ1v) is 10.6. The molecule has 4 aromatic carbocycles. The Bertz CT molecular complexity index is 1310. The van der Waals surface area contributed by atoms with Gasteiger partial charge in [0.05, 0.1) is 25.3 Å². The largest absolute Gasteiger partial charge is 0.508 e. The Balaban J connectivity index is 1.59. The summed E-state index contributed by atoms with van der Waals surface area (Å²) in [5, 5.41) is 12.3. The van der Waals surface area contributed by atoms with Gasteiger partial charge in [0, 0.05) is 11.3 Å². The van der Waals surface area contributed by atoms with E-state index in [1.54, 1.807) is 48.5 Å². The van der Waals surface area contributed by atoms with Crippen LogP contribution in [0.25, 0.3) is 11.1 Å². The van der Waals surface area contributed by atoms with Crippen molar-refractivity contribution in [1.29, 1.82) is 0 Å². The van der Waals surface area contributed by atoms with Gasteiger partial charge in [-0.05, 0) is 47.5 Å². The van der Waals surface area contributed by atoms with E-state index in [1.165, 1.54) is 26.4 Å². The average molecular weight is 453 g/mol. The number of rotatable bonds is 7. The first kappa shape index (κ1) is 22.6. The van der Waals surface area contributed by atoms with Crippen molar-refractivity contribution in [2.24, 2.45) is 0 Å². The Morgan fingerprint density at radius 3 is 1.82 bits per heavy atom. The van der Waals surface area contributed by atoms with Gasteiger partial charge in [-0.3, -0.25) is 9.59 Å². The summed E-state index contributed by atoms with van der Waals surface area (Å²) in [6.07, 6.45) is 0. The van der Waals surface area contributed by atoms with Crippen molar-refractivity contribution in [3.63, 3.8) is 0 Å². The van der Waals surface area contributed by atoms with Crippen LogP contribution in [0.2, 0.25) is 0 Å². The molecule has 34 heavy (non-hydrogen) atoms. The van der Waals surface area contributed by atoms with E-state index in [-0.39, 0.29) is 28.6 Å². The van der Waals surface area contributed by atoms with Crippen LogP contribution in [0, 0.1) is 0 Å². The van der Waals surface area contributed by atoms with Crippen LogP contribution in [0.4, 0.5) is 5.69 Å². The van der Waals surface area contributed by atoms with Gasteiger partial charge < -0.3 is 19.9 Å². The van der Waals surface area contributed by atoms with Crippen LogP contribution in [0.5, 0.6) is 17.2 Å². The number of amides is 1. The number of nitrogens with one attached hydrogen (secondary N) is 1. The third-order valence-corrected chi connectivity index (χ3v) is 5.39. The summed E-state index contributed by atoms with van der Waals surface area (Å²) in [6, 6.07) is 26.1. The molecular weight excluding hydrogens is 430 g/mol. The SMILES string of the molecule is COc1cc(C(=O)c2ccccc2)c(OC)cc1C(=O)Nc1ccc(-c2ccc(O)cc2)cc1. The van der Waals surface area contributed by atoms with Gasteiger partial charge in [-0.25, -0.2) is 0 Å². The Morgan fingerprint density at radius 1 is 0.706 bits per heavy atom. The molecule has 0 aliphatic carbocycles. The molecular formula is C28H23NO5. The van der Waals surface area contributed by atoms with Crippen molar-refractivity contribution in [3.8, 4) is 28.4 Å². The second-order valence-corrected chi connectivity index (χ2v) is 7.53. The molecule has 0 spiro atoms. The number of phenols is 1. The molecule has 0 heterocycles. The van der Waals surface area contributed by atoms with Crippen LogP contribution in [0.1, 0.15) is 26.3 Å². The van der Waals surface area contributed by atoms with E-state index in [1.807, 2.05) is 30.3 Å². The minimum atomic E-state index is -0.397. The fourth-order valence-corrected chi connectivity index (χ4v) is 3.60. The van der Waals surface area contributed by atoms with Crippen LogP contribution in [-0.2, 0) is 0 Å². The van der Waals surface area contributed by atoms with E-state index < -0.39 is 5.91 Å². The third kappa shape index (κ3) is 4.76. The zero-order chi connectivity index (χ0) is 24.1. The lowest BCUT2D eigenvalue weighted by Gasteiger charge is -2.15. The van der Waals surface area contributed by atoms with Crippen molar-refractivity contribution >= 4 is 17.4 Å². The molecule has 4 aromatic rings. The second-order valence-electron chi connectivity index (χ2n) is 7.53. The van der Waals surface area contributed by atoms with Crippen LogP contribution in [-0.4, -0.2) is 31.0 Å². The number of methoxy groups -OCH3 is 2. The molecule has 0 saturated carbocycles. The predicted molar refractivity (Wildman–Crippen MR) is 131 cm³/mol. The van der Waals surface area contributed by atoms with Gasteiger partial charge in [0.1, 0.15) is 17.2 Å². The monoisotopic (exact) mass is 453 g/mol. The lowest BCUT2D eigenvalue weighted by Crippen LogP contribution is -2.15. The Labute approximate surface area is 197 Å². The number of anilines is 1. The first-order valence-electron chi connectivity index (χ1n) is 10.6. The van der Waals surface area contributed by atoms with Gasteiger partial charge in [-0.1, -0.05) is 54.6 Å². The molecule has 0 aromatic heterocycles. The van der Waals surface area contributed by atoms with E-state index in [4.69, 9.17) is 9.47 Å². The highest BCUT2D eigenvalue weighted by Crippen LogP contribution is 2.31. The minimum absolute atomic E-state index is 0.202. The summed E-state index contributed by atoms with van der Waals surface area (Å²) in [7, 11) is 2.90. The Kier molecular flexibility index (Phi) is 6.59. The summed E-state index contributed by atoms with van der Waals surface area (Å²) in [5.74, 6) is 0.119. The number of hydrogen-bond acceptors (Lipinski definition) is 5. The molecule has 0 atom stereocenters. The number of benzene rings is 4. The molecule has 1 amide bonds. The van der Waals surface area contributed by atoms with Crippen LogP contribution in [0.3, 0.4) is 0 Å². The molecule has 0 fully saturated rings. The fraction of sp³-hybridized carbons (Fsp3) is 0.0714. The summed E-state index contributed by atoms with van der Waals surface area (Å²) in [6.45, 7) is 0. The fourth-order valence-electron chi connectivity index (χ4n) is 3.60. The molecule has 0 saturated heterocycles.